The van der Waals surface area contributed by atoms with Gasteiger partial charge in [0.05, 0.1) is 13.1 Å². The van der Waals surface area contributed by atoms with Crippen LogP contribution < -0.4 is 4.74 Å². The maximum Gasteiger partial charge on any atom is 0.220 e. The monoisotopic (exact) mass is 303 g/mol. The molecule has 2 aromatic heterocycles. The molecular formula is C15H14ClN3O2. The number of nitrogens with zero attached hydrogens (tertiary/aromatic N) is 3. The molecule has 3 rings (SSSR count). The topological polar surface area (TPSA) is 55.3 Å². The largest absolute Gasteiger partial charge is 0.467 e. The number of amides is 1. The number of fused-ring (bicyclic) bond motifs is 1. The van der Waals surface area contributed by atoms with Crippen LogP contribution in [0.4, 0.5) is 0 Å². The van der Waals surface area contributed by atoms with Gasteiger partial charge in [-0.1, -0.05) is 17.7 Å². The third-order valence-electron chi connectivity index (χ3n) is 3.41. The molecule has 0 fully saturated rings. The summed E-state index contributed by atoms with van der Waals surface area (Å²) in [5.41, 5.74) is 1.75. The molecule has 0 bridgehead atoms. The quantitative estimate of drug-likeness (QED) is 0.760. The third kappa shape index (κ3) is 2.97. The number of carbonyl (C=O) groups excluding carboxylic acids is 1. The molecule has 0 radical (unpaired) electrons. The molecule has 3 heterocycles. The van der Waals surface area contributed by atoms with Crippen molar-refractivity contribution in [3.63, 3.8) is 0 Å². The number of ether oxygens (including phenoxy) is 1. The van der Waals surface area contributed by atoms with E-state index in [0.29, 0.717) is 24.1 Å². The van der Waals surface area contributed by atoms with Gasteiger partial charge in [0.2, 0.25) is 11.8 Å². The molecule has 2 aromatic rings. The molecule has 1 unspecified atom stereocenters. The van der Waals surface area contributed by atoms with Crippen molar-refractivity contribution in [3.8, 4) is 5.88 Å². The van der Waals surface area contributed by atoms with E-state index in [0.717, 1.165) is 11.1 Å². The highest BCUT2D eigenvalue weighted by molar-refractivity contribution is 6.29. The van der Waals surface area contributed by atoms with Gasteiger partial charge in [-0.3, -0.25) is 9.78 Å². The number of pyridine rings is 2. The highest BCUT2D eigenvalue weighted by atomic mass is 35.5. The van der Waals surface area contributed by atoms with Crippen LogP contribution in [0.25, 0.3) is 0 Å². The second-order valence-corrected chi connectivity index (χ2v) is 5.28. The zero-order valence-electron chi connectivity index (χ0n) is 11.5. The molecule has 0 aromatic carbocycles. The molecule has 1 aliphatic heterocycles. The standard InChI is InChI=1S/C15H14ClN3O2/c1-10(20)19-8-12-4-5-14(16)18-15(12)21-13(9-19)11-3-2-6-17-7-11/h2-7,13H,8-9H2,1H3. The molecule has 1 amide bonds. The van der Waals surface area contributed by atoms with E-state index in [1.54, 1.807) is 30.3 Å². The summed E-state index contributed by atoms with van der Waals surface area (Å²) in [6, 6.07) is 7.30. The van der Waals surface area contributed by atoms with E-state index in [1.165, 1.54) is 0 Å². The van der Waals surface area contributed by atoms with Crippen molar-refractivity contribution in [1.29, 1.82) is 0 Å². The molecule has 0 saturated carbocycles. The number of halogens is 1. The zero-order valence-corrected chi connectivity index (χ0v) is 12.2. The average molecular weight is 304 g/mol. The van der Waals surface area contributed by atoms with Gasteiger partial charge in [0, 0.05) is 30.4 Å². The van der Waals surface area contributed by atoms with Crippen molar-refractivity contribution >= 4 is 17.5 Å². The molecule has 0 saturated heterocycles. The van der Waals surface area contributed by atoms with E-state index in [2.05, 4.69) is 9.97 Å². The Bertz CT molecular complexity index is 663. The van der Waals surface area contributed by atoms with E-state index in [1.807, 2.05) is 18.2 Å². The van der Waals surface area contributed by atoms with Gasteiger partial charge in [0.1, 0.15) is 11.3 Å². The molecule has 0 N–H and O–H groups in total. The summed E-state index contributed by atoms with van der Waals surface area (Å²) in [6.07, 6.45) is 3.12. The van der Waals surface area contributed by atoms with Crippen LogP contribution in [0.3, 0.4) is 0 Å². The highest BCUT2D eigenvalue weighted by Crippen LogP contribution is 2.30. The normalized spacial score (nSPS) is 17.6. The van der Waals surface area contributed by atoms with E-state index in [4.69, 9.17) is 16.3 Å². The minimum atomic E-state index is -0.310. The Morgan fingerprint density at radius 1 is 1.43 bits per heavy atom. The summed E-state index contributed by atoms with van der Waals surface area (Å²) >= 11 is 5.94. The van der Waals surface area contributed by atoms with Gasteiger partial charge < -0.3 is 9.64 Å². The van der Waals surface area contributed by atoms with Crippen LogP contribution in [0.2, 0.25) is 5.15 Å². The third-order valence-corrected chi connectivity index (χ3v) is 3.62. The predicted octanol–water partition coefficient (Wildman–Crippen LogP) is 2.61. The van der Waals surface area contributed by atoms with Crippen molar-refractivity contribution in [2.45, 2.75) is 19.6 Å². The lowest BCUT2D eigenvalue weighted by atomic mass is 10.1. The first-order chi connectivity index (χ1) is 10.1. The lowest BCUT2D eigenvalue weighted by Gasteiger charge is -2.22. The highest BCUT2D eigenvalue weighted by Gasteiger charge is 2.26. The first-order valence-corrected chi connectivity index (χ1v) is 6.99. The first kappa shape index (κ1) is 13.8. The minimum Gasteiger partial charge on any atom is -0.467 e. The van der Waals surface area contributed by atoms with E-state index in [9.17, 15) is 4.79 Å². The Labute approximate surface area is 127 Å². The first-order valence-electron chi connectivity index (χ1n) is 6.61. The van der Waals surface area contributed by atoms with Gasteiger partial charge in [0.25, 0.3) is 0 Å². The van der Waals surface area contributed by atoms with Gasteiger partial charge in [-0.25, -0.2) is 4.98 Å². The molecule has 1 atom stereocenters. The van der Waals surface area contributed by atoms with Crippen molar-refractivity contribution < 1.29 is 9.53 Å². The van der Waals surface area contributed by atoms with Gasteiger partial charge in [-0.15, -0.1) is 0 Å². The van der Waals surface area contributed by atoms with E-state index < -0.39 is 0 Å². The summed E-state index contributed by atoms with van der Waals surface area (Å²) in [5.74, 6) is 0.468. The van der Waals surface area contributed by atoms with Crippen molar-refractivity contribution in [3.05, 3.63) is 52.9 Å². The Morgan fingerprint density at radius 2 is 2.29 bits per heavy atom. The fraction of sp³-hybridized carbons (Fsp3) is 0.267. The van der Waals surface area contributed by atoms with Gasteiger partial charge in [0.15, 0.2) is 0 Å². The smallest absolute Gasteiger partial charge is 0.220 e. The molecular weight excluding hydrogens is 290 g/mol. The van der Waals surface area contributed by atoms with Crippen LogP contribution in [0, 0.1) is 0 Å². The molecule has 0 spiro atoms. The van der Waals surface area contributed by atoms with Crippen LogP contribution in [0.1, 0.15) is 24.2 Å². The molecule has 5 nitrogen and oxygen atoms in total. The second kappa shape index (κ2) is 5.69. The number of hydrogen-bond donors (Lipinski definition) is 0. The summed E-state index contributed by atoms with van der Waals surface area (Å²) in [5, 5.41) is 0.370. The average Bonchev–Trinajstić information content (AvgIpc) is 2.67. The van der Waals surface area contributed by atoms with Gasteiger partial charge in [-0.05, 0) is 18.2 Å². The SMILES string of the molecule is CC(=O)N1Cc2ccc(Cl)nc2OC(c2cccnc2)C1. The Hall–Kier alpha value is -2.14. The summed E-state index contributed by atoms with van der Waals surface area (Å²) < 4.78 is 5.97. The number of carbonyl (C=O) groups is 1. The lowest BCUT2D eigenvalue weighted by Crippen LogP contribution is -2.32. The Balaban J connectivity index is 2.01. The Kier molecular flexibility index (Phi) is 3.75. The van der Waals surface area contributed by atoms with Gasteiger partial charge >= 0.3 is 0 Å². The van der Waals surface area contributed by atoms with Crippen LogP contribution in [0.5, 0.6) is 5.88 Å². The fourth-order valence-corrected chi connectivity index (χ4v) is 2.43. The summed E-state index contributed by atoms with van der Waals surface area (Å²) in [6.45, 7) is 2.47. The maximum atomic E-state index is 11.8. The number of aromatic nitrogens is 2. The fourth-order valence-electron chi connectivity index (χ4n) is 2.29. The van der Waals surface area contributed by atoms with Crippen molar-refractivity contribution in [2.24, 2.45) is 0 Å². The summed E-state index contributed by atoms with van der Waals surface area (Å²) in [7, 11) is 0. The molecule has 6 heteroatoms. The van der Waals surface area contributed by atoms with Gasteiger partial charge in [-0.2, -0.15) is 0 Å². The summed E-state index contributed by atoms with van der Waals surface area (Å²) in [4.78, 5) is 21.9. The van der Waals surface area contributed by atoms with Crippen LogP contribution in [-0.4, -0.2) is 27.3 Å². The maximum absolute atomic E-state index is 11.8. The second-order valence-electron chi connectivity index (χ2n) is 4.89. The Morgan fingerprint density at radius 3 is 3.00 bits per heavy atom. The molecule has 108 valence electrons. The van der Waals surface area contributed by atoms with Crippen molar-refractivity contribution in [1.82, 2.24) is 14.9 Å². The molecule has 0 aliphatic carbocycles. The van der Waals surface area contributed by atoms with Crippen LogP contribution in [0.15, 0.2) is 36.7 Å². The van der Waals surface area contributed by atoms with E-state index in [-0.39, 0.29) is 12.0 Å². The zero-order chi connectivity index (χ0) is 14.8. The van der Waals surface area contributed by atoms with Crippen LogP contribution >= 0.6 is 11.6 Å². The number of hydrogen-bond acceptors (Lipinski definition) is 4. The predicted molar refractivity (Wildman–Crippen MR) is 77.9 cm³/mol. The van der Waals surface area contributed by atoms with Crippen LogP contribution in [-0.2, 0) is 11.3 Å². The molecule has 1 aliphatic rings. The van der Waals surface area contributed by atoms with E-state index >= 15 is 0 Å². The lowest BCUT2D eigenvalue weighted by molar-refractivity contribution is -0.130. The number of rotatable bonds is 1. The molecule has 21 heavy (non-hydrogen) atoms. The van der Waals surface area contributed by atoms with Crippen molar-refractivity contribution in [2.75, 3.05) is 6.54 Å². The minimum absolute atomic E-state index is 0.00436.